The third-order valence-corrected chi connectivity index (χ3v) is 8.20. The number of halogens is 3. The van der Waals surface area contributed by atoms with E-state index in [1.165, 1.54) is 40.8 Å². The number of carbonyl (C=O) groups excluding carboxylic acids is 1. The molecular formula is C32H33F3N6O2S. The summed E-state index contributed by atoms with van der Waals surface area (Å²) in [5.74, 6) is 1.39. The van der Waals surface area contributed by atoms with Crippen molar-refractivity contribution < 1.29 is 22.7 Å². The molecule has 230 valence electrons. The number of thioether (sulfide) groups is 1. The van der Waals surface area contributed by atoms with E-state index in [0.29, 0.717) is 29.0 Å². The van der Waals surface area contributed by atoms with E-state index < -0.39 is 6.36 Å². The van der Waals surface area contributed by atoms with Crippen LogP contribution in [0.3, 0.4) is 0 Å². The number of benzene rings is 3. The lowest BCUT2D eigenvalue weighted by atomic mass is 10.0. The molecule has 1 N–H and O–H groups in total. The number of hydrogen-bond donors (Lipinski definition) is 1. The van der Waals surface area contributed by atoms with Crippen molar-refractivity contribution in [2.75, 3.05) is 17.2 Å². The van der Waals surface area contributed by atoms with Crippen LogP contribution in [0.5, 0.6) is 5.75 Å². The van der Waals surface area contributed by atoms with Gasteiger partial charge in [-0.25, -0.2) is 14.5 Å². The van der Waals surface area contributed by atoms with Gasteiger partial charge in [0.05, 0.1) is 11.7 Å². The van der Waals surface area contributed by atoms with E-state index in [0.717, 1.165) is 35.5 Å². The molecule has 5 rings (SSSR count). The Labute approximate surface area is 258 Å². The molecular weight excluding hydrogens is 589 g/mol. The Morgan fingerprint density at radius 3 is 2.48 bits per heavy atom. The second-order valence-electron chi connectivity index (χ2n) is 10.5. The molecule has 1 aromatic heterocycles. The highest BCUT2D eigenvalue weighted by Crippen LogP contribution is 2.32. The number of rotatable bonds is 8. The fraction of sp³-hybridized carbons (Fsp3) is 0.312. The second kappa shape index (κ2) is 13.5. The third-order valence-electron chi connectivity index (χ3n) is 7.14. The molecule has 1 atom stereocenters. The highest BCUT2D eigenvalue weighted by atomic mass is 32.2. The number of nitrogens with zero attached hydrogens (tertiary/aromatic N) is 5. The fourth-order valence-electron chi connectivity index (χ4n) is 4.97. The zero-order chi connectivity index (χ0) is 31.3. The highest BCUT2D eigenvalue weighted by molar-refractivity contribution is 8.14. The summed E-state index contributed by atoms with van der Waals surface area (Å²) in [6.07, 6.45) is -1.58. The van der Waals surface area contributed by atoms with Gasteiger partial charge in [0.25, 0.3) is 0 Å². The summed E-state index contributed by atoms with van der Waals surface area (Å²) in [4.78, 5) is 24.1. The van der Waals surface area contributed by atoms with Gasteiger partial charge in [-0.2, -0.15) is 4.99 Å². The van der Waals surface area contributed by atoms with Crippen LogP contribution in [0, 0.1) is 0 Å². The number of nitrogens with one attached hydrogen (secondary N) is 1. The Morgan fingerprint density at radius 2 is 1.80 bits per heavy atom. The number of amides is 2. The van der Waals surface area contributed by atoms with Crippen molar-refractivity contribution in [3.8, 4) is 22.8 Å². The minimum atomic E-state index is -4.75. The maximum Gasteiger partial charge on any atom is 0.573 e. The number of ether oxygens (including phenoxy) is 1. The van der Waals surface area contributed by atoms with Gasteiger partial charge in [0.1, 0.15) is 12.1 Å². The Hall–Kier alpha value is -4.32. The van der Waals surface area contributed by atoms with Crippen LogP contribution < -0.4 is 15.0 Å². The molecule has 3 aromatic carbocycles. The van der Waals surface area contributed by atoms with Gasteiger partial charge in [-0.05, 0) is 60.2 Å². The van der Waals surface area contributed by atoms with Crippen molar-refractivity contribution >= 4 is 28.6 Å². The predicted molar refractivity (Wildman–Crippen MR) is 167 cm³/mol. The number of urea groups is 1. The SMILES string of the molecule is CCC(NC(=O)/N=C1\SCCCN1c1ccccc1C(C)C)c1ccc(-c2ncn(-c3ccc(OC(F)(F)F)cc3)n2)cc1. The van der Waals surface area contributed by atoms with Gasteiger partial charge in [-0.15, -0.1) is 18.3 Å². The Bertz CT molecular complexity index is 1600. The van der Waals surface area contributed by atoms with Crippen molar-refractivity contribution in [1.82, 2.24) is 20.1 Å². The molecule has 1 saturated heterocycles. The third kappa shape index (κ3) is 7.60. The normalized spacial score (nSPS) is 15.4. The second-order valence-corrected chi connectivity index (χ2v) is 11.6. The van der Waals surface area contributed by atoms with Gasteiger partial charge in [-0.3, -0.25) is 0 Å². The lowest BCUT2D eigenvalue weighted by molar-refractivity contribution is -0.274. The van der Waals surface area contributed by atoms with E-state index >= 15 is 0 Å². The lowest BCUT2D eigenvalue weighted by Crippen LogP contribution is -2.37. The molecule has 44 heavy (non-hydrogen) atoms. The Balaban J connectivity index is 1.26. The van der Waals surface area contributed by atoms with Crippen molar-refractivity contribution in [3.63, 3.8) is 0 Å². The van der Waals surface area contributed by atoms with Crippen LogP contribution in [-0.2, 0) is 0 Å². The predicted octanol–water partition coefficient (Wildman–Crippen LogP) is 8.12. The first kappa shape index (κ1) is 31.1. The molecule has 8 nitrogen and oxygen atoms in total. The van der Waals surface area contributed by atoms with Gasteiger partial charge in [-0.1, -0.05) is 75.0 Å². The first-order valence-electron chi connectivity index (χ1n) is 14.4. The molecule has 1 aliphatic heterocycles. The number of anilines is 1. The van der Waals surface area contributed by atoms with Crippen LogP contribution in [0.1, 0.15) is 56.7 Å². The summed E-state index contributed by atoms with van der Waals surface area (Å²) in [6, 6.07) is 20.6. The average Bonchev–Trinajstić information content (AvgIpc) is 3.50. The zero-order valence-electron chi connectivity index (χ0n) is 24.6. The van der Waals surface area contributed by atoms with Crippen LogP contribution in [0.25, 0.3) is 17.1 Å². The first-order valence-corrected chi connectivity index (χ1v) is 15.4. The summed E-state index contributed by atoms with van der Waals surface area (Å²) in [5.41, 5.74) is 4.52. The number of hydrogen-bond acceptors (Lipinski definition) is 5. The molecule has 12 heteroatoms. The number of amidine groups is 1. The summed E-state index contributed by atoms with van der Waals surface area (Å²) >= 11 is 1.60. The van der Waals surface area contributed by atoms with E-state index in [9.17, 15) is 18.0 Å². The topological polar surface area (TPSA) is 84.6 Å². The maximum absolute atomic E-state index is 13.1. The molecule has 2 heterocycles. The van der Waals surface area contributed by atoms with Gasteiger partial charge in [0, 0.05) is 23.5 Å². The minimum Gasteiger partial charge on any atom is -0.406 e. The van der Waals surface area contributed by atoms with Crippen molar-refractivity contribution in [3.05, 3.63) is 90.3 Å². The highest BCUT2D eigenvalue weighted by Gasteiger charge is 2.31. The summed E-state index contributed by atoms with van der Waals surface area (Å²) in [7, 11) is 0. The van der Waals surface area contributed by atoms with Crippen molar-refractivity contribution in [2.24, 2.45) is 4.99 Å². The molecule has 1 unspecified atom stereocenters. The van der Waals surface area contributed by atoms with E-state index in [1.54, 1.807) is 11.8 Å². The van der Waals surface area contributed by atoms with Crippen molar-refractivity contribution in [2.45, 2.75) is 51.9 Å². The molecule has 4 aromatic rings. The van der Waals surface area contributed by atoms with Crippen LogP contribution >= 0.6 is 11.8 Å². The number of alkyl halides is 3. The van der Waals surface area contributed by atoms with E-state index in [4.69, 9.17) is 0 Å². The van der Waals surface area contributed by atoms with Crippen LogP contribution in [0.2, 0.25) is 0 Å². The molecule has 1 aliphatic rings. The number of carbonyl (C=O) groups is 1. The number of para-hydroxylation sites is 1. The minimum absolute atomic E-state index is 0.242. The Kier molecular flexibility index (Phi) is 9.58. The van der Waals surface area contributed by atoms with E-state index in [1.807, 2.05) is 43.3 Å². The first-order chi connectivity index (χ1) is 21.1. The van der Waals surface area contributed by atoms with Crippen LogP contribution in [0.4, 0.5) is 23.7 Å². The standard InChI is InChI=1S/C32H33F3N6O2S/c1-4-27(37-30(42)38-31-40(18-7-19-44-31)28-9-6-5-8-26(28)21(2)3)22-10-12-23(13-11-22)29-36-20-41(39-29)24-14-16-25(17-15-24)43-32(33,34)35/h5-6,8-17,20-21,27H,4,7,18-19H2,1-3H3,(H,37,42)/b38-31-. The summed E-state index contributed by atoms with van der Waals surface area (Å²) in [5, 5.41) is 8.23. The quantitative estimate of drug-likeness (QED) is 0.214. The summed E-state index contributed by atoms with van der Waals surface area (Å²) < 4.78 is 42.7. The molecule has 0 radical (unpaired) electrons. The average molecular weight is 623 g/mol. The van der Waals surface area contributed by atoms with Crippen molar-refractivity contribution in [1.29, 1.82) is 0 Å². The van der Waals surface area contributed by atoms with E-state index in [2.05, 4.69) is 56.0 Å². The zero-order valence-corrected chi connectivity index (χ0v) is 25.4. The number of aliphatic imine (C=N–C) groups is 1. The lowest BCUT2D eigenvalue weighted by Gasteiger charge is -2.32. The van der Waals surface area contributed by atoms with Gasteiger partial charge in [0.15, 0.2) is 11.0 Å². The molecule has 2 amide bonds. The smallest absolute Gasteiger partial charge is 0.406 e. The molecule has 1 fully saturated rings. The Morgan fingerprint density at radius 1 is 1.07 bits per heavy atom. The van der Waals surface area contributed by atoms with E-state index in [-0.39, 0.29) is 17.8 Å². The van der Waals surface area contributed by atoms with Gasteiger partial charge >= 0.3 is 12.4 Å². The maximum atomic E-state index is 13.1. The van der Waals surface area contributed by atoms with Gasteiger partial charge in [0.2, 0.25) is 0 Å². The molecule has 0 aliphatic carbocycles. The number of aromatic nitrogens is 3. The van der Waals surface area contributed by atoms with Gasteiger partial charge < -0.3 is 15.0 Å². The molecule has 0 saturated carbocycles. The van der Waals surface area contributed by atoms with Crippen LogP contribution in [-0.4, -0.2) is 44.6 Å². The summed E-state index contributed by atoms with van der Waals surface area (Å²) in [6.45, 7) is 7.14. The monoisotopic (exact) mass is 622 g/mol. The largest absolute Gasteiger partial charge is 0.573 e. The molecule has 0 spiro atoms. The fourth-order valence-corrected chi connectivity index (χ4v) is 5.92. The molecule has 0 bridgehead atoms. The van der Waals surface area contributed by atoms with Crippen LogP contribution in [0.15, 0.2) is 84.1 Å².